The number of nitrogens with zero attached hydrogens (tertiary/aromatic N) is 5. The quantitative estimate of drug-likeness (QED) is 0.269. The van der Waals surface area contributed by atoms with E-state index in [0.717, 1.165) is 11.4 Å². The normalized spacial score (nSPS) is 13.3. The Balaban J connectivity index is 1.46. The minimum Gasteiger partial charge on any atom is -0.506 e. The van der Waals surface area contributed by atoms with Gasteiger partial charge in [0.1, 0.15) is 28.4 Å². The third kappa shape index (κ3) is 5.93. The first-order valence-corrected chi connectivity index (χ1v) is 14.2. The molecule has 0 atom stereocenters. The lowest BCUT2D eigenvalue weighted by atomic mass is 10.1. The Kier molecular flexibility index (Phi) is 7.78. The van der Waals surface area contributed by atoms with Gasteiger partial charge in [-0.25, -0.2) is 9.78 Å². The van der Waals surface area contributed by atoms with Crippen molar-refractivity contribution in [2.45, 2.75) is 32.1 Å². The highest BCUT2D eigenvalue weighted by molar-refractivity contribution is 7.96. The second-order valence-electron chi connectivity index (χ2n) is 10.6. The molecule has 2 aromatic carbocycles. The van der Waals surface area contributed by atoms with Crippen molar-refractivity contribution >= 4 is 57.8 Å². The fraction of sp³-hybridized carbons (Fsp3) is 0.310. The zero-order valence-corrected chi connectivity index (χ0v) is 24.5. The van der Waals surface area contributed by atoms with Crippen LogP contribution in [0.15, 0.2) is 59.5 Å². The zero-order chi connectivity index (χ0) is 29.3. The van der Waals surface area contributed by atoms with Crippen molar-refractivity contribution < 1.29 is 14.6 Å². The number of hydrogen-bond donors (Lipinski definition) is 3. The third-order valence-corrected chi connectivity index (χ3v) is 7.30. The number of benzene rings is 2. The van der Waals surface area contributed by atoms with Gasteiger partial charge in [0.2, 0.25) is 5.95 Å². The first-order valence-electron chi connectivity index (χ1n) is 13.2. The predicted molar refractivity (Wildman–Crippen MR) is 164 cm³/mol. The first-order chi connectivity index (χ1) is 19.6. The Morgan fingerprint density at radius 3 is 2.59 bits per heavy atom. The van der Waals surface area contributed by atoms with Gasteiger partial charge < -0.3 is 20.1 Å². The number of anilines is 5. The molecule has 2 aromatic heterocycles. The number of ether oxygens (including phenoxy) is 1. The van der Waals surface area contributed by atoms with Crippen molar-refractivity contribution in [3.05, 3.63) is 70.6 Å². The van der Waals surface area contributed by atoms with E-state index in [2.05, 4.69) is 20.0 Å². The number of aromatic hydroxyl groups is 1. The number of aryl methyl sites for hydroxylation is 1. The van der Waals surface area contributed by atoms with Crippen LogP contribution in [0.3, 0.4) is 0 Å². The van der Waals surface area contributed by atoms with Crippen LogP contribution in [0.25, 0.3) is 11.0 Å². The molecule has 3 N–H and O–H groups in total. The van der Waals surface area contributed by atoms with Crippen LogP contribution in [0, 0.1) is 0 Å². The van der Waals surface area contributed by atoms with Crippen LogP contribution in [0.5, 0.6) is 5.75 Å². The molecule has 41 heavy (non-hydrogen) atoms. The van der Waals surface area contributed by atoms with E-state index in [-0.39, 0.29) is 17.9 Å². The van der Waals surface area contributed by atoms with E-state index in [1.165, 1.54) is 21.1 Å². The topological polar surface area (TPSA) is 125 Å². The lowest BCUT2D eigenvalue weighted by Crippen LogP contribution is -2.45. The molecule has 0 unspecified atom stereocenters. The smallest absolute Gasteiger partial charge is 0.415 e. The molecule has 0 aliphatic carbocycles. The van der Waals surface area contributed by atoms with E-state index >= 15 is 0 Å². The lowest BCUT2D eigenvalue weighted by Gasteiger charge is -2.38. The molecule has 0 bridgehead atoms. The minimum atomic E-state index is -0.699. The summed E-state index contributed by atoms with van der Waals surface area (Å²) in [5.74, 6) is 1.15. The van der Waals surface area contributed by atoms with Crippen LogP contribution in [0.1, 0.15) is 26.3 Å². The molecule has 12 heteroatoms. The van der Waals surface area contributed by atoms with Crippen LogP contribution >= 0.6 is 11.9 Å². The maximum atomic E-state index is 13.6. The van der Waals surface area contributed by atoms with E-state index in [0.29, 0.717) is 40.6 Å². The molecule has 0 radical (unpaired) electrons. The highest BCUT2D eigenvalue weighted by atomic mass is 32.2. The van der Waals surface area contributed by atoms with Gasteiger partial charge in [-0.2, -0.15) is 4.98 Å². The standard InChI is InChI=1S/C29H33N7O4S/c1-29(2,3)40-28(39)36-14-13-35(21-7-6-8-23(37)24(21)36)22-15-19-16-31-27(33-25(19)34(5)26(22)38)32-20-11-9-18(10-12-20)17-41-30-4/h6-12,15-16,30,37H,13-14,17H2,1-5H3,(H,31,32,33). The number of hydrogen-bond acceptors (Lipinski definition) is 10. The largest absolute Gasteiger partial charge is 0.506 e. The zero-order valence-electron chi connectivity index (χ0n) is 23.6. The summed E-state index contributed by atoms with van der Waals surface area (Å²) in [5.41, 5.74) is 2.73. The van der Waals surface area contributed by atoms with Crippen molar-refractivity contribution in [2.24, 2.45) is 7.05 Å². The average molecular weight is 576 g/mol. The number of pyridine rings is 1. The molecule has 1 aliphatic heterocycles. The number of fused-ring (bicyclic) bond motifs is 2. The van der Waals surface area contributed by atoms with Crippen molar-refractivity contribution in [1.82, 2.24) is 19.3 Å². The van der Waals surface area contributed by atoms with Crippen LogP contribution in [0.2, 0.25) is 0 Å². The number of carbonyl (C=O) groups is 1. The van der Waals surface area contributed by atoms with Gasteiger partial charge in [-0.1, -0.05) is 30.1 Å². The van der Waals surface area contributed by atoms with Crippen molar-refractivity contribution in [1.29, 1.82) is 0 Å². The molecule has 0 saturated carbocycles. The molecule has 0 fully saturated rings. The monoisotopic (exact) mass is 575 g/mol. The van der Waals surface area contributed by atoms with Crippen LogP contribution in [0.4, 0.5) is 33.5 Å². The fourth-order valence-corrected chi connectivity index (χ4v) is 5.15. The molecule has 0 spiro atoms. The SMILES string of the molecule is CNSCc1ccc(Nc2ncc3cc(N4CCN(C(=O)OC(C)(C)C)c5c(O)cccc54)c(=O)n(C)c3n2)cc1. The molecule has 214 valence electrons. The van der Waals surface area contributed by atoms with E-state index in [9.17, 15) is 14.7 Å². The number of amides is 1. The predicted octanol–water partition coefficient (Wildman–Crippen LogP) is 5.04. The number of aromatic nitrogens is 3. The van der Waals surface area contributed by atoms with E-state index in [1.54, 1.807) is 69.1 Å². The third-order valence-electron chi connectivity index (χ3n) is 6.53. The van der Waals surface area contributed by atoms with Crippen molar-refractivity contribution in [3.8, 4) is 5.75 Å². The molecule has 5 rings (SSSR count). The minimum absolute atomic E-state index is 0.0801. The van der Waals surface area contributed by atoms with Crippen molar-refractivity contribution in [2.75, 3.05) is 35.3 Å². The fourth-order valence-electron chi connectivity index (χ4n) is 4.65. The molecule has 1 amide bonds. The van der Waals surface area contributed by atoms with Gasteiger partial charge >= 0.3 is 6.09 Å². The summed E-state index contributed by atoms with van der Waals surface area (Å²) in [6.45, 7) is 5.90. The summed E-state index contributed by atoms with van der Waals surface area (Å²) >= 11 is 1.62. The summed E-state index contributed by atoms with van der Waals surface area (Å²) in [4.78, 5) is 38.9. The molecular weight excluding hydrogens is 542 g/mol. The maximum Gasteiger partial charge on any atom is 0.415 e. The van der Waals surface area contributed by atoms with Gasteiger partial charge in [-0.05, 0) is 63.7 Å². The maximum absolute atomic E-state index is 13.6. The van der Waals surface area contributed by atoms with Gasteiger partial charge in [-0.15, -0.1) is 0 Å². The van der Waals surface area contributed by atoms with Crippen LogP contribution in [-0.2, 0) is 17.5 Å². The summed E-state index contributed by atoms with van der Waals surface area (Å²) in [5, 5.41) is 14.6. The Labute approximate surface area is 242 Å². The number of para-hydroxylation sites is 1. The highest BCUT2D eigenvalue weighted by Gasteiger charge is 2.34. The summed E-state index contributed by atoms with van der Waals surface area (Å²) in [6, 6.07) is 14.7. The van der Waals surface area contributed by atoms with Crippen molar-refractivity contribution in [3.63, 3.8) is 0 Å². The summed E-state index contributed by atoms with van der Waals surface area (Å²) in [7, 11) is 3.56. The van der Waals surface area contributed by atoms with Crippen LogP contribution < -0.4 is 25.4 Å². The summed E-state index contributed by atoms with van der Waals surface area (Å²) < 4.78 is 10.1. The highest BCUT2D eigenvalue weighted by Crippen LogP contribution is 2.43. The van der Waals surface area contributed by atoms with E-state index in [1.807, 2.05) is 31.3 Å². The Morgan fingerprint density at radius 2 is 1.88 bits per heavy atom. The first kappa shape index (κ1) is 28.2. The Bertz CT molecular complexity index is 1650. The van der Waals surface area contributed by atoms with Crippen LogP contribution in [-0.4, -0.2) is 51.5 Å². The van der Waals surface area contributed by atoms with Gasteiger partial charge in [0.25, 0.3) is 5.56 Å². The number of nitrogens with one attached hydrogen (secondary N) is 2. The van der Waals surface area contributed by atoms with E-state index < -0.39 is 11.7 Å². The molecule has 4 aromatic rings. The molecule has 1 aliphatic rings. The second-order valence-corrected chi connectivity index (χ2v) is 11.6. The number of rotatable bonds is 6. The average Bonchev–Trinajstić information content (AvgIpc) is 2.93. The molecule has 3 heterocycles. The number of carbonyl (C=O) groups excluding carboxylic acids is 1. The Hall–Kier alpha value is -4.29. The number of phenolic OH excluding ortho intramolecular Hbond substituents is 1. The Morgan fingerprint density at radius 1 is 1.12 bits per heavy atom. The molecular formula is C29H33N7O4S. The van der Waals surface area contributed by atoms with E-state index in [4.69, 9.17) is 4.74 Å². The summed E-state index contributed by atoms with van der Waals surface area (Å²) in [6.07, 6.45) is 1.11. The number of phenols is 1. The second kappa shape index (κ2) is 11.3. The van der Waals surface area contributed by atoms with Gasteiger partial charge in [0.05, 0.1) is 5.69 Å². The van der Waals surface area contributed by atoms with Gasteiger partial charge in [0, 0.05) is 43.2 Å². The molecule has 0 saturated heterocycles. The lowest BCUT2D eigenvalue weighted by molar-refractivity contribution is 0.0579. The van der Waals surface area contributed by atoms with Gasteiger partial charge in [-0.3, -0.25) is 19.0 Å². The van der Waals surface area contributed by atoms with Gasteiger partial charge in [0.15, 0.2) is 0 Å². The molecule has 11 nitrogen and oxygen atoms in total.